The monoisotopic (exact) mass is 467 g/mol. The highest BCUT2D eigenvalue weighted by Crippen LogP contribution is 2.38. The molecular weight excluding hydrogens is 434 g/mol. The van der Waals surface area contributed by atoms with E-state index in [1.807, 2.05) is 41.6 Å². The maximum atomic E-state index is 13.7. The molecule has 0 bridgehead atoms. The number of nitrogens with one attached hydrogen (secondary N) is 1. The van der Waals surface area contributed by atoms with Crippen LogP contribution in [0.5, 0.6) is 0 Å². The summed E-state index contributed by atoms with van der Waals surface area (Å²) in [5.41, 5.74) is 6.53. The molecule has 0 unspecified atom stereocenters. The number of hydrogen-bond donors (Lipinski definition) is 1. The first-order valence-electron chi connectivity index (χ1n) is 12.5. The minimum absolute atomic E-state index is 0.0396. The summed E-state index contributed by atoms with van der Waals surface area (Å²) >= 11 is 0. The van der Waals surface area contributed by atoms with Crippen LogP contribution in [0.1, 0.15) is 61.8 Å². The Balaban J connectivity index is 1.74. The summed E-state index contributed by atoms with van der Waals surface area (Å²) in [6.45, 7) is 8.76. The number of nitrogens with zero attached hydrogens (tertiary/aromatic N) is 4. The summed E-state index contributed by atoms with van der Waals surface area (Å²) < 4.78 is 4.24. The van der Waals surface area contributed by atoms with Crippen molar-refractivity contribution in [2.75, 3.05) is 0 Å². The number of rotatable bonds is 5. The predicted molar refractivity (Wildman–Crippen MR) is 139 cm³/mol. The van der Waals surface area contributed by atoms with E-state index in [1.54, 1.807) is 0 Å². The number of carbonyl (C=O) groups is 1. The van der Waals surface area contributed by atoms with Crippen LogP contribution in [0.3, 0.4) is 0 Å². The molecule has 0 aliphatic carbocycles. The van der Waals surface area contributed by atoms with E-state index in [-0.39, 0.29) is 18.1 Å². The molecule has 1 aliphatic rings. The van der Waals surface area contributed by atoms with Gasteiger partial charge in [0.1, 0.15) is 5.82 Å². The first kappa shape index (κ1) is 23.0. The average Bonchev–Trinajstić information content (AvgIpc) is 3.45. The summed E-state index contributed by atoms with van der Waals surface area (Å²) in [7, 11) is 0. The largest absolute Gasteiger partial charge is 0.336 e. The van der Waals surface area contributed by atoms with E-state index < -0.39 is 0 Å². The van der Waals surface area contributed by atoms with E-state index in [4.69, 9.17) is 5.10 Å². The van der Waals surface area contributed by atoms with E-state index in [0.29, 0.717) is 6.54 Å². The molecule has 0 radical (unpaired) electrons. The number of fused-ring (bicyclic) bond motifs is 3. The minimum Gasteiger partial charge on any atom is -0.336 e. The second-order valence-corrected chi connectivity index (χ2v) is 9.38. The van der Waals surface area contributed by atoms with Gasteiger partial charge in [-0.2, -0.15) is 5.10 Å². The van der Waals surface area contributed by atoms with Crippen LogP contribution >= 0.6 is 0 Å². The van der Waals surface area contributed by atoms with Gasteiger partial charge in [-0.05, 0) is 62.1 Å². The third kappa shape index (κ3) is 4.14. The number of aromatic nitrogens is 3. The Hall–Kier alpha value is -3.80. The highest BCUT2D eigenvalue weighted by Gasteiger charge is 2.36. The molecule has 6 nitrogen and oxygen atoms in total. The summed E-state index contributed by atoms with van der Waals surface area (Å²) in [4.78, 5) is 15.6. The lowest BCUT2D eigenvalue weighted by Crippen LogP contribution is -2.44. The van der Waals surface area contributed by atoms with E-state index in [0.717, 1.165) is 46.9 Å². The van der Waals surface area contributed by atoms with Gasteiger partial charge in [-0.15, -0.1) is 0 Å². The number of urea groups is 1. The Kier molecular flexibility index (Phi) is 6.20. The van der Waals surface area contributed by atoms with Crippen molar-refractivity contribution in [3.8, 4) is 11.5 Å². The fourth-order valence-electron chi connectivity index (χ4n) is 4.96. The van der Waals surface area contributed by atoms with Crippen LogP contribution in [0.4, 0.5) is 4.79 Å². The molecule has 2 aromatic carbocycles. The smallest absolute Gasteiger partial charge is 0.318 e. The van der Waals surface area contributed by atoms with Crippen molar-refractivity contribution in [2.45, 2.75) is 59.2 Å². The van der Waals surface area contributed by atoms with Crippen LogP contribution in [-0.2, 0) is 19.4 Å². The summed E-state index contributed by atoms with van der Waals surface area (Å²) in [6, 6.07) is 22.8. The molecule has 5 rings (SSSR count). The van der Waals surface area contributed by atoms with Crippen LogP contribution < -0.4 is 5.32 Å². The Morgan fingerprint density at radius 2 is 1.74 bits per heavy atom. The van der Waals surface area contributed by atoms with Gasteiger partial charge >= 0.3 is 6.03 Å². The standard InChI is InChI=1S/C29H33N5O/c1-5-21-14-16-22(17-15-21)27-26-13-10-18-32(26)28-24(19-33(27)29(35)30-20(3)4)25(6-2)31-34(28)23-11-8-7-9-12-23/h7-18,20,27H,5-6,19H2,1-4H3,(H,30,35)/t27-/m1/s1. The molecule has 6 heteroatoms. The van der Waals surface area contributed by atoms with Crippen molar-refractivity contribution in [1.29, 1.82) is 0 Å². The van der Waals surface area contributed by atoms with Crippen molar-refractivity contribution in [3.63, 3.8) is 0 Å². The first-order chi connectivity index (χ1) is 17.0. The summed E-state index contributed by atoms with van der Waals surface area (Å²) in [5.74, 6) is 1.00. The van der Waals surface area contributed by atoms with Crippen LogP contribution in [-0.4, -0.2) is 31.3 Å². The quantitative estimate of drug-likeness (QED) is 0.403. The second-order valence-electron chi connectivity index (χ2n) is 9.38. The fourth-order valence-corrected chi connectivity index (χ4v) is 4.96. The highest BCUT2D eigenvalue weighted by atomic mass is 16.2. The van der Waals surface area contributed by atoms with E-state index in [2.05, 4.69) is 78.5 Å². The Morgan fingerprint density at radius 3 is 2.40 bits per heavy atom. The maximum Gasteiger partial charge on any atom is 0.318 e. The number of carbonyl (C=O) groups excluding carboxylic acids is 1. The van der Waals surface area contributed by atoms with Crippen molar-refractivity contribution < 1.29 is 4.79 Å². The minimum atomic E-state index is -0.226. The third-order valence-electron chi connectivity index (χ3n) is 6.68. The Bertz CT molecular complexity index is 1320. The zero-order valence-corrected chi connectivity index (χ0v) is 20.9. The number of para-hydroxylation sites is 1. The van der Waals surface area contributed by atoms with E-state index >= 15 is 0 Å². The van der Waals surface area contributed by atoms with Gasteiger partial charge in [0.2, 0.25) is 0 Å². The van der Waals surface area contributed by atoms with E-state index in [1.165, 1.54) is 5.56 Å². The summed E-state index contributed by atoms with van der Waals surface area (Å²) in [5, 5.41) is 8.16. The average molecular weight is 468 g/mol. The topological polar surface area (TPSA) is 55.1 Å². The lowest BCUT2D eigenvalue weighted by Gasteiger charge is -2.32. The normalized spacial score (nSPS) is 15.0. The molecule has 1 N–H and O–H groups in total. The molecule has 0 saturated heterocycles. The van der Waals surface area contributed by atoms with Crippen LogP contribution in [0, 0.1) is 0 Å². The van der Waals surface area contributed by atoms with Crippen LogP contribution in [0.25, 0.3) is 11.5 Å². The molecule has 1 atom stereocenters. The number of hydrogen-bond acceptors (Lipinski definition) is 2. The molecule has 180 valence electrons. The maximum absolute atomic E-state index is 13.7. The SMILES string of the molecule is CCc1ccc([C@@H]2c3cccn3-c3c(c(CC)nn3-c3ccccc3)CN2C(=O)NC(C)C)cc1. The molecule has 4 aromatic rings. The van der Waals surface area contributed by atoms with Crippen molar-refractivity contribution >= 4 is 6.03 Å². The zero-order valence-electron chi connectivity index (χ0n) is 20.9. The molecule has 0 spiro atoms. The van der Waals surface area contributed by atoms with Gasteiger partial charge in [0.05, 0.1) is 29.7 Å². The first-order valence-corrected chi connectivity index (χ1v) is 12.5. The van der Waals surface area contributed by atoms with Gasteiger partial charge in [0.15, 0.2) is 0 Å². The second kappa shape index (κ2) is 9.45. The van der Waals surface area contributed by atoms with Gasteiger partial charge in [0, 0.05) is 17.8 Å². The molecule has 0 saturated carbocycles. The molecule has 2 amide bonds. The van der Waals surface area contributed by atoms with Crippen LogP contribution in [0.2, 0.25) is 0 Å². The van der Waals surface area contributed by atoms with Crippen molar-refractivity contribution in [2.24, 2.45) is 0 Å². The fraction of sp³-hybridized carbons (Fsp3) is 0.310. The molecule has 1 aliphatic heterocycles. The lowest BCUT2D eigenvalue weighted by molar-refractivity contribution is 0.178. The third-order valence-corrected chi connectivity index (χ3v) is 6.68. The Labute approximate surface area is 207 Å². The zero-order chi connectivity index (χ0) is 24.5. The molecule has 0 fully saturated rings. The van der Waals surface area contributed by atoms with Gasteiger partial charge < -0.3 is 14.8 Å². The number of amides is 2. The van der Waals surface area contributed by atoms with Gasteiger partial charge in [-0.1, -0.05) is 56.3 Å². The Morgan fingerprint density at radius 1 is 1.00 bits per heavy atom. The van der Waals surface area contributed by atoms with Gasteiger partial charge in [-0.25, -0.2) is 9.48 Å². The van der Waals surface area contributed by atoms with Gasteiger partial charge in [-0.3, -0.25) is 0 Å². The van der Waals surface area contributed by atoms with Crippen molar-refractivity contribution in [1.82, 2.24) is 24.6 Å². The predicted octanol–water partition coefficient (Wildman–Crippen LogP) is 5.81. The summed E-state index contributed by atoms with van der Waals surface area (Å²) in [6.07, 6.45) is 3.86. The van der Waals surface area contributed by atoms with Crippen molar-refractivity contribution in [3.05, 3.63) is 101 Å². The highest BCUT2D eigenvalue weighted by molar-refractivity contribution is 5.76. The number of benzene rings is 2. The molecular formula is C29H33N5O. The molecule has 2 aromatic heterocycles. The molecule has 35 heavy (non-hydrogen) atoms. The van der Waals surface area contributed by atoms with Crippen LogP contribution in [0.15, 0.2) is 72.9 Å². The van der Waals surface area contributed by atoms with E-state index in [9.17, 15) is 4.79 Å². The van der Waals surface area contributed by atoms with Gasteiger partial charge in [0.25, 0.3) is 0 Å². The number of aryl methyl sites for hydroxylation is 2. The molecule has 3 heterocycles. The lowest BCUT2D eigenvalue weighted by atomic mass is 9.99.